The predicted octanol–water partition coefficient (Wildman–Crippen LogP) is 2.57. The van der Waals surface area contributed by atoms with Crippen LogP contribution in [0.5, 0.6) is 0 Å². The Kier molecular flexibility index (Phi) is 4.00. The first-order valence-electron chi connectivity index (χ1n) is 7.43. The molecule has 3 nitrogen and oxygen atoms in total. The number of rotatable bonds is 3. The molecule has 1 saturated carbocycles. The highest BCUT2D eigenvalue weighted by Gasteiger charge is 2.43. The molecule has 104 valence electrons. The van der Waals surface area contributed by atoms with Crippen LogP contribution in [0, 0.1) is 11.3 Å². The van der Waals surface area contributed by atoms with E-state index in [4.69, 9.17) is 0 Å². The number of hydrogen-bond acceptors (Lipinski definition) is 2. The van der Waals surface area contributed by atoms with Gasteiger partial charge in [-0.05, 0) is 37.0 Å². The molecule has 0 aromatic carbocycles. The van der Waals surface area contributed by atoms with Crippen molar-refractivity contribution in [1.29, 1.82) is 0 Å². The van der Waals surface area contributed by atoms with Gasteiger partial charge in [0.2, 0.25) is 5.91 Å². The summed E-state index contributed by atoms with van der Waals surface area (Å²) >= 11 is 0. The molecule has 0 radical (unpaired) electrons. The molecule has 2 fully saturated rings. The summed E-state index contributed by atoms with van der Waals surface area (Å²) in [5.74, 6) is 0.832. The molecule has 1 heterocycles. The minimum absolute atomic E-state index is 0.215. The Morgan fingerprint density at radius 3 is 2.67 bits per heavy atom. The highest BCUT2D eigenvalue weighted by molar-refractivity contribution is 5.78. The van der Waals surface area contributed by atoms with E-state index in [9.17, 15) is 9.90 Å². The molecule has 18 heavy (non-hydrogen) atoms. The number of aliphatic hydroxyl groups is 1. The van der Waals surface area contributed by atoms with Crippen LogP contribution in [0.2, 0.25) is 0 Å². The second-order valence-corrected chi connectivity index (χ2v) is 6.67. The molecule has 0 aromatic heterocycles. The molecule has 3 heteroatoms. The van der Waals surface area contributed by atoms with Crippen LogP contribution in [0.1, 0.15) is 59.3 Å². The largest absolute Gasteiger partial charge is 0.393 e. The van der Waals surface area contributed by atoms with E-state index in [-0.39, 0.29) is 17.6 Å². The topological polar surface area (TPSA) is 40.5 Å². The van der Waals surface area contributed by atoms with Gasteiger partial charge < -0.3 is 10.0 Å². The SMILES string of the molecule is CCC(C)(C)C1CCC(O)CC1N1CCCC1=O. The number of nitrogens with zero attached hydrogens (tertiary/aromatic N) is 1. The van der Waals surface area contributed by atoms with Crippen LogP contribution in [-0.2, 0) is 4.79 Å². The molecule has 0 spiro atoms. The molecule has 1 saturated heterocycles. The zero-order valence-corrected chi connectivity index (χ0v) is 12.0. The van der Waals surface area contributed by atoms with Crippen molar-refractivity contribution in [3.63, 3.8) is 0 Å². The van der Waals surface area contributed by atoms with E-state index in [1.807, 2.05) is 0 Å². The average Bonchev–Trinajstić information content (AvgIpc) is 2.75. The van der Waals surface area contributed by atoms with Gasteiger partial charge in [0, 0.05) is 19.0 Å². The summed E-state index contributed by atoms with van der Waals surface area (Å²) < 4.78 is 0. The summed E-state index contributed by atoms with van der Waals surface area (Å²) in [7, 11) is 0. The maximum Gasteiger partial charge on any atom is 0.222 e. The molecule has 3 atom stereocenters. The number of aliphatic hydroxyl groups excluding tert-OH is 1. The zero-order chi connectivity index (χ0) is 13.3. The minimum Gasteiger partial charge on any atom is -0.393 e. The van der Waals surface area contributed by atoms with Gasteiger partial charge in [-0.25, -0.2) is 0 Å². The number of likely N-dealkylation sites (tertiary alicyclic amines) is 1. The van der Waals surface area contributed by atoms with Crippen LogP contribution in [0.3, 0.4) is 0 Å². The predicted molar refractivity (Wildman–Crippen MR) is 72.2 cm³/mol. The molecule has 0 bridgehead atoms. The zero-order valence-electron chi connectivity index (χ0n) is 12.0. The Balaban J connectivity index is 2.18. The fourth-order valence-electron chi connectivity index (χ4n) is 3.66. The third kappa shape index (κ3) is 2.56. The van der Waals surface area contributed by atoms with Crippen molar-refractivity contribution >= 4 is 5.91 Å². The number of carbonyl (C=O) groups excluding carboxylic acids is 1. The molecule has 1 N–H and O–H groups in total. The summed E-state index contributed by atoms with van der Waals surface area (Å²) in [4.78, 5) is 14.0. The lowest BCUT2D eigenvalue weighted by molar-refractivity contribution is -0.134. The first kappa shape index (κ1) is 13.9. The van der Waals surface area contributed by atoms with Crippen molar-refractivity contribution in [1.82, 2.24) is 4.90 Å². The van der Waals surface area contributed by atoms with Crippen LogP contribution in [0.4, 0.5) is 0 Å². The summed E-state index contributed by atoms with van der Waals surface area (Å²) in [5, 5.41) is 9.94. The van der Waals surface area contributed by atoms with Gasteiger partial charge in [-0.2, -0.15) is 0 Å². The maximum absolute atomic E-state index is 12.0. The molecule has 1 amide bonds. The Morgan fingerprint density at radius 2 is 2.11 bits per heavy atom. The molecule has 0 aromatic rings. The Hall–Kier alpha value is -0.570. The number of carbonyl (C=O) groups is 1. The van der Waals surface area contributed by atoms with Crippen LogP contribution in [0.15, 0.2) is 0 Å². The molecular formula is C15H27NO2. The third-order valence-electron chi connectivity index (χ3n) is 5.21. The second-order valence-electron chi connectivity index (χ2n) is 6.67. The normalized spacial score (nSPS) is 34.1. The lowest BCUT2D eigenvalue weighted by Gasteiger charge is -2.47. The summed E-state index contributed by atoms with van der Waals surface area (Å²) in [6.07, 6.45) is 5.33. The van der Waals surface area contributed by atoms with Crippen molar-refractivity contribution in [2.45, 2.75) is 71.4 Å². The van der Waals surface area contributed by atoms with Crippen molar-refractivity contribution in [2.24, 2.45) is 11.3 Å². The van der Waals surface area contributed by atoms with Gasteiger partial charge in [0.15, 0.2) is 0 Å². The molecule has 1 aliphatic heterocycles. The van der Waals surface area contributed by atoms with Crippen LogP contribution in [-0.4, -0.2) is 34.6 Å². The fraction of sp³-hybridized carbons (Fsp3) is 0.933. The highest BCUT2D eigenvalue weighted by Crippen LogP contribution is 2.43. The van der Waals surface area contributed by atoms with E-state index in [2.05, 4.69) is 25.7 Å². The van der Waals surface area contributed by atoms with Crippen LogP contribution < -0.4 is 0 Å². The lowest BCUT2D eigenvalue weighted by Crippen LogP contribution is -2.50. The van der Waals surface area contributed by atoms with Gasteiger partial charge in [0.25, 0.3) is 0 Å². The Labute approximate surface area is 111 Å². The highest BCUT2D eigenvalue weighted by atomic mass is 16.3. The quantitative estimate of drug-likeness (QED) is 0.840. The van der Waals surface area contributed by atoms with Crippen molar-refractivity contribution in [3.05, 3.63) is 0 Å². The van der Waals surface area contributed by atoms with Gasteiger partial charge in [-0.3, -0.25) is 4.79 Å². The van der Waals surface area contributed by atoms with Gasteiger partial charge in [-0.15, -0.1) is 0 Å². The van der Waals surface area contributed by atoms with E-state index in [0.717, 1.165) is 38.6 Å². The van der Waals surface area contributed by atoms with Gasteiger partial charge in [0.05, 0.1) is 6.10 Å². The first-order valence-corrected chi connectivity index (χ1v) is 7.43. The van der Waals surface area contributed by atoms with Gasteiger partial charge in [0.1, 0.15) is 0 Å². The van der Waals surface area contributed by atoms with E-state index < -0.39 is 0 Å². The third-order valence-corrected chi connectivity index (χ3v) is 5.21. The van der Waals surface area contributed by atoms with Crippen molar-refractivity contribution in [3.8, 4) is 0 Å². The Morgan fingerprint density at radius 1 is 1.39 bits per heavy atom. The van der Waals surface area contributed by atoms with Crippen molar-refractivity contribution < 1.29 is 9.90 Å². The maximum atomic E-state index is 12.0. The molecule has 1 aliphatic carbocycles. The summed E-state index contributed by atoms with van der Waals surface area (Å²) in [6.45, 7) is 7.74. The van der Waals surface area contributed by atoms with E-state index in [0.29, 0.717) is 18.2 Å². The number of hydrogen-bond donors (Lipinski definition) is 1. The first-order chi connectivity index (χ1) is 8.45. The standard InChI is InChI=1S/C15H27NO2/c1-4-15(2,3)12-8-7-11(17)10-13(12)16-9-5-6-14(16)18/h11-13,17H,4-10H2,1-3H3. The van der Waals surface area contributed by atoms with Gasteiger partial charge >= 0.3 is 0 Å². The van der Waals surface area contributed by atoms with Crippen LogP contribution >= 0.6 is 0 Å². The summed E-state index contributed by atoms with van der Waals surface area (Å²) in [5.41, 5.74) is 0.258. The lowest BCUT2D eigenvalue weighted by atomic mass is 9.66. The van der Waals surface area contributed by atoms with E-state index >= 15 is 0 Å². The summed E-state index contributed by atoms with van der Waals surface area (Å²) in [6, 6.07) is 0.263. The fourth-order valence-corrected chi connectivity index (χ4v) is 3.66. The second kappa shape index (κ2) is 5.20. The average molecular weight is 253 g/mol. The van der Waals surface area contributed by atoms with Gasteiger partial charge in [-0.1, -0.05) is 27.2 Å². The monoisotopic (exact) mass is 253 g/mol. The van der Waals surface area contributed by atoms with Crippen LogP contribution in [0.25, 0.3) is 0 Å². The molecule has 2 aliphatic rings. The van der Waals surface area contributed by atoms with E-state index in [1.54, 1.807) is 0 Å². The minimum atomic E-state index is -0.215. The number of amides is 1. The Bertz CT molecular complexity index is 314. The molecule has 2 rings (SSSR count). The smallest absolute Gasteiger partial charge is 0.222 e. The molecular weight excluding hydrogens is 226 g/mol. The van der Waals surface area contributed by atoms with E-state index in [1.165, 1.54) is 0 Å². The molecule has 3 unspecified atom stereocenters. The van der Waals surface area contributed by atoms with Crippen molar-refractivity contribution in [2.75, 3.05) is 6.54 Å².